The number of halogens is 1. The maximum Gasteiger partial charge on any atom is 0.321 e. The van der Waals surface area contributed by atoms with Gasteiger partial charge in [0.25, 0.3) is 0 Å². The summed E-state index contributed by atoms with van der Waals surface area (Å²) in [4.78, 5) is 18.7. The number of urea groups is 1. The molecule has 122 valence electrons. The number of anilines is 1. The summed E-state index contributed by atoms with van der Waals surface area (Å²) in [6.07, 6.45) is 3.59. The zero-order chi connectivity index (χ0) is 16.4. The second-order valence-corrected chi connectivity index (χ2v) is 6.42. The molecule has 0 bridgehead atoms. The molecule has 2 N–H and O–H groups in total. The summed E-state index contributed by atoms with van der Waals surface area (Å²) in [5.74, 6) is 0.154. The highest BCUT2D eigenvalue weighted by Gasteiger charge is 2.24. The second-order valence-electron chi connectivity index (χ2n) is 6.02. The van der Waals surface area contributed by atoms with Crippen LogP contribution in [0.4, 0.5) is 10.5 Å². The molecule has 1 aliphatic heterocycles. The topological polar surface area (TPSA) is 65.5 Å². The van der Waals surface area contributed by atoms with Crippen LogP contribution in [0.2, 0.25) is 5.02 Å². The first-order valence-corrected chi connectivity index (χ1v) is 8.18. The van der Waals surface area contributed by atoms with Gasteiger partial charge in [-0.3, -0.25) is 4.98 Å². The molecule has 2 heterocycles. The Morgan fingerprint density at radius 2 is 2.39 bits per heavy atom. The fraction of sp³-hybridized carbons (Fsp3) is 0.412. The van der Waals surface area contributed by atoms with Crippen LogP contribution in [-0.4, -0.2) is 40.7 Å². The highest BCUT2D eigenvalue weighted by Crippen LogP contribution is 2.33. The summed E-state index contributed by atoms with van der Waals surface area (Å²) in [5, 5.41) is 13.6. The number of rotatable bonds is 2. The zero-order valence-electron chi connectivity index (χ0n) is 13.1. The average Bonchev–Trinajstić information content (AvgIpc) is 2.58. The number of nitrogens with zero attached hydrogens (tertiary/aromatic N) is 2. The van der Waals surface area contributed by atoms with Crippen LogP contribution in [0.1, 0.15) is 18.4 Å². The zero-order valence-corrected chi connectivity index (χ0v) is 13.8. The van der Waals surface area contributed by atoms with E-state index in [1.165, 1.54) is 0 Å². The lowest BCUT2D eigenvalue weighted by Gasteiger charge is -2.32. The molecule has 1 aromatic carbocycles. The van der Waals surface area contributed by atoms with Gasteiger partial charge in [-0.15, -0.1) is 0 Å². The number of hydrogen-bond acceptors (Lipinski definition) is 3. The first kappa shape index (κ1) is 16.0. The van der Waals surface area contributed by atoms with E-state index in [1.54, 1.807) is 11.1 Å². The lowest BCUT2D eigenvalue weighted by atomic mass is 9.99. The number of amides is 2. The van der Waals surface area contributed by atoms with Crippen molar-refractivity contribution < 1.29 is 9.90 Å². The number of pyridine rings is 1. The minimum Gasteiger partial charge on any atom is -0.396 e. The molecule has 0 unspecified atom stereocenters. The van der Waals surface area contributed by atoms with Crippen molar-refractivity contribution in [2.75, 3.05) is 25.0 Å². The second kappa shape index (κ2) is 6.72. The first-order valence-electron chi connectivity index (χ1n) is 7.80. The first-order chi connectivity index (χ1) is 11.1. The lowest BCUT2D eigenvalue weighted by Crippen LogP contribution is -2.43. The molecular weight excluding hydrogens is 314 g/mol. The third-order valence-corrected chi connectivity index (χ3v) is 4.63. The van der Waals surface area contributed by atoms with Gasteiger partial charge in [0.15, 0.2) is 0 Å². The highest BCUT2D eigenvalue weighted by molar-refractivity contribution is 6.35. The Bertz CT molecular complexity index is 735. The van der Waals surface area contributed by atoms with Crippen LogP contribution in [0.15, 0.2) is 24.4 Å². The van der Waals surface area contributed by atoms with Gasteiger partial charge in [0.1, 0.15) is 0 Å². The van der Waals surface area contributed by atoms with Gasteiger partial charge in [0.2, 0.25) is 0 Å². The molecule has 23 heavy (non-hydrogen) atoms. The van der Waals surface area contributed by atoms with Crippen molar-refractivity contribution in [3.8, 4) is 0 Å². The third-order valence-electron chi connectivity index (χ3n) is 4.33. The maximum atomic E-state index is 12.6. The van der Waals surface area contributed by atoms with Crippen molar-refractivity contribution in [2.24, 2.45) is 5.92 Å². The van der Waals surface area contributed by atoms with Crippen molar-refractivity contribution in [3.63, 3.8) is 0 Å². The van der Waals surface area contributed by atoms with Crippen LogP contribution in [0.25, 0.3) is 10.9 Å². The van der Waals surface area contributed by atoms with Gasteiger partial charge in [0, 0.05) is 31.3 Å². The van der Waals surface area contributed by atoms with Crippen LogP contribution in [-0.2, 0) is 0 Å². The van der Waals surface area contributed by atoms with Crippen LogP contribution in [0.3, 0.4) is 0 Å². The smallest absolute Gasteiger partial charge is 0.321 e. The molecule has 0 spiro atoms. The van der Waals surface area contributed by atoms with Gasteiger partial charge in [-0.25, -0.2) is 4.79 Å². The van der Waals surface area contributed by atoms with Gasteiger partial charge in [-0.05, 0) is 49.4 Å². The molecule has 1 saturated heterocycles. The van der Waals surface area contributed by atoms with Gasteiger partial charge < -0.3 is 15.3 Å². The fourth-order valence-electron chi connectivity index (χ4n) is 3.09. The Labute approximate surface area is 140 Å². The van der Waals surface area contributed by atoms with E-state index in [-0.39, 0.29) is 18.6 Å². The van der Waals surface area contributed by atoms with Gasteiger partial charge in [0.05, 0.1) is 16.2 Å². The Morgan fingerprint density at radius 1 is 1.57 bits per heavy atom. The molecule has 1 aromatic heterocycles. The number of fused-ring (bicyclic) bond motifs is 1. The number of benzene rings is 1. The molecule has 2 aromatic rings. The summed E-state index contributed by atoms with van der Waals surface area (Å²) in [5.41, 5.74) is 2.40. The van der Waals surface area contributed by atoms with Crippen LogP contribution < -0.4 is 5.32 Å². The normalized spacial score (nSPS) is 18.2. The molecule has 1 fully saturated rings. The predicted molar refractivity (Wildman–Crippen MR) is 91.9 cm³/mol. The van der Waals surface area contributed by atoms with Crippen molar-refractivity contribution in [2.45, 2.75) is 19.8 Å². The molecule has 0 aliphatic carbocycles. The number of likely N-dealkylation sites (tertiary alicyclic amines) is 1. The third kappa shape index (κ3) is 3.26. The highest BCUT2D eigenvalue weighted by atomic mass is 35.5. The standard InChI is InChI=1S/C17H20ClN3O2/c1-11-8-14(18)16(13-5-2-6-19-15(11)13)20-17(23)21-7-3-4-12(9-21)10-22/h2,5-6,8,12,22H,3-4,7,9-10H2,1H3,(H,20,23)/t12-/m0/s1. The number of aromatic nitrogens is 1. The monoisotopic (exact) mass is 333 g/mol. The van der Waals surface area contributed by atoms with Crippen LogP contribution in [0.5, 0.6) is 0 Å². The molecular formula is C17H20ClN3O2. The Morgan fingerprint density at radius 3 is 3.17 bits per heavy atom. The molecule has 0 saturated carbocycles. The van der Waals surface area contributed by atoms with E-state index < -0.39 is 0 Å². The number of aryl methyl sites for hydroxylation is 1. The molecule has 2 amide bonds. The van der Waals surface area contributed by atoms with E-state index in [0.717, 1.165) is 29.3 Å². The van der Waals surface area contributed by atoms with Gasteiger partial charge in [-0.1, -0.05) is 11.6 Å². The van der Waals surface area contributed by atoms with E-state index in [2.05, 4.69) is 10.3 Å². The van der Waals surface area contributed by atoms with Gasteiger partial charge >= 0.3 is 6.03 Å². The van der Waals surface area contributed by atoms with E-state index >= 15 is 0 Å². The SMILES string of the molecule is Cc1cc(Cl)c(NC(=O)N2CCC[C@H](CO)C2)c2cccnc12. The van der Waals surface area contributed by atoms with Crippen LogP contribution in [0, 0.1) is 12.8 Å². The summed E-state index contributed by atoms with van der Waals surface area (Å²) in [6.45, 7) is 3.33. The Balaban J connectivity index is 1.88. The molecule has 0 radical (unpaired) electrons. The average molecular weight is 334 g/mol. The molecule has 1 aliphatic rings. The van der Waals surface area contributed by atoms with E-state index in [0.29, 0.717) is 23.8 Å². The van der Waals surface area contributed by atoms with E-state index in [9.17, 15) is 9.90 Å². The van der Waals surface area contributed by atoms with Crippen molar-refractivity contribution in [3.05, 3.63) is 35.0 Å². The number of carbonyl (C=O) groups excluding carboxylic acids is 1. The molecule has 5 nitrogen and oxygen atoms in total. The summed E-state index contributed by atoms with van der Waals surface area (Å²) in [6, 6.07) is 5.37. The summed E-state index contributed by atoms with van der Waals surface area (Å²) in [7, 11) is 0. The fourth-order valence-corrected chi connectivity index (χ4v) is 3.40. The van der Waals surface area contributed by atoms with E-state index in [1.807, 2.05) is 25.1 Å². The van der Waals surface area contributed by atoms with Crippen LogP contribution >= 0.6 is 11.6 Å². The van der Waals surface area contributed by atoms with Crippen molar-refractivity contribution in [1.29, 1.82) is 0 Å². The maximum absolute atomic E-state index is 12.6. The van der Waals surface area contributed by atoms with E-state index in [4.69, 9.17) is 11.6 Å². The number of carbonyl (C=O) groups is 1. The lowest BCUT2D eigenvalue weighted by molar-refractivity contribution is 0.136. The number of hydrogen-bond donors (Lipinski definition) is 2. The Kier molecular flexibility index (Phi) is 4.68. The summed E-state index contributed by atoms with van der Waals surface area (Å²) < 4.78 is 0. The Hall–Kier alpha value is -1.85. The minimum absolute atomic E-state index is 0.113. The van der Waals surface area contributed by atoms with Gasteiger partial charge in [-0.2, -0.15) is 0 Å². The van der Waals surface area contributed by atoms with Crippen molar-refractivity contribution >= 4 is 34.2 Å². The summed E-state index contributed by atoms with van der Waals surface area (Å²) >= 11 is 6.35. The molecule has 1 atom stereocenters. The number of nitrogens with one attached hydrogen (secondary N) is 1. The number of aliphatic hydroxyl groups excluding tert-OH is 1. The number of piperidine rings is 1. The number of aliphatic hydroxyl groups is 1. The molecule has 3 rings (SSSR count). The minimum atomic E-state index is -0.181. The molecule has 6 heteroatoms. The predicted octanol–water partition coefficient (Wildman–Crippen LogP) is 3.43. The quantitative estimate of drug-likeness (QED) is 0.884. The largest absolute Gasteiger partial charge is 0.396 e. The van der Waals surface area contributed by atoms with Crippen molar-refractivity contribution in [1.82, 2.24) is 9.88 Å².